The Morgan fingerprint density at radius 1 is 1.24 bits per heavy atom. The first-order valence-corrected chi connectivity index (χ1v) is 8.05. The molecule has 0 saturated heterocycles. The maximum Gasteiger partial charge on any atom is 0.443 e. The molecule has 1 unspecified atom stereocenters. The number of rotatable bonds is 3. The van der Waals surface area contributed by atoms with Crippen molar-refractivity contribution in [1.29, 1.82) is 0 Å². The van der Waals surface area contributed by atoms with E-state index in [-0.39, 0.29) is 5.54 Å². The Morgan fingerprint density at radius 3 is 2.24 bits per heavy atom. The van der Waals surface area contributed by atoms with Gasteiger partial charge in [0.25, 0.3) is 0 Å². The summed E-state index contributed by atoms with van der Waals surface area (Å²) in [7, 11) is 3.94. The van der Waals surface area contributed by atoms with E-state index in [1.165, 1.54) is 19.0 Å². The van der Waals surface area contributed by atoms with E-state index in [0.717, 1.165) is 25.7 Å². The summed E-state index contributed by atoms with van der Waals surface area (Å²) < 4.78 is 38.2. The summed E-state index contributed by atoms with van der Waals surface area (Å²) in [5, 5.41) is -0.810. The van der Waals surface area contributed by atoms with Gasteiger partial charge in [-0.05, 0) is 26.9 Å². The highest BCUT2D eigenvalue weighted by atomic mass is 32.1. The number of halogens is 3. The van der Waals surface area contributed by atoms with E-state index in [0.29, 0.717) is 16.2 Å². The molecule has 1 aliphatic rings. The Bertz CT molecular complexity index is 462. The molecule has 0 aliphatic heterocycles. The van der Waals surface area contributed by atoms with Gasteiger partial charge in [0, 0.05) is 16.6 Å². The van der Waals surface area contributed by atoms with Gasteiger partial charge >= 0.3 is 6.18 Å². The van der Waals surface area contributed by atoms with Crippen LogP contribution in [0.5, 0.6) is 0 Å². The summed E-state index contributed by atoms with van der Waals surface area (Å²) >= 11 is 0.677. The Balaban J connectivity index is 2.30. The molecular formula is C14H22F3N3S. The average Bonchev–Trinajstić information content (AvgIpc) is 2.76. The normalized spacial score (nSPS) is 21.3. The molecule has 0 aromatic carbocycles. The number of hydrogen-bond acceptors (Lipinski definition) is 4. The van der Waals surface area contributed by atoms with Crippen molar-refractivity contribution in [3.05, 3.63) is 16.1 Å². The number of aromatic nitrogens is 1. The van der Waals surface area contributed by atoms with Crippen LogP contribution in [-0.4, -0.2) is 29.5 Å². The van der Waals surface area contributed by atoms with Crippen molar-refractivity contribution in [2.24, 2.45) is 5.73 Å². The summed E-state index contributed by atoms with van der Waals surface area (Å²) in [5.41, 5.74) is 6.12. The third kappa shape index (κ3) is 3.40. The molecule has 1 saturated carbocycles. The van der Waals surface area contributed by atoms with Crippen LogP contribution in [-0.2, 0) is 6.18 Å². The summed E-state index contributed by atoms with van der Waals surface area (Å²) in [5.74, 6) is 0. The first kappa shape index (κ1) is 16.7. The zero-order chi connectivity index (χ0) is 15.7. The van der Waals surface area contributed by atoms with Crippen LogP contribution in [0.1, 0.15) is 54.5 Å². The monoisotopic (exact) mass is 321 g/mol. The van der Waals surface area contributed by atoms with Gasteiger partial charge < -0.3 is 10.6 Å². The molecule has 1 fully saturated rings. The second-order valence-electron chi connectivity index (χ2n) is 5.96. The lowest BCUT2D eigenvalue weighted by Gasteiger charge is -2.43. The molecule has 0 spiro atoms. The van der Waals surface area contributed by atoms with Gasteiger partial charge in [-0.2, -0.15) is 13.2 Å². The van der Waals surface area contributed by atoms with Crippen LogP contribution in [0.25, 0.3) is 0 Å². The average molecular weight is 321 g/mol. The third-order valence-electron chi connectivity index (χ3n) is 4.51. The molecular weight excluding hydrogens is 299 g/mol. The first-order chi connectivity index (χ1) is 9.77. The van der Waals surface area contributed by atoms with Crippen molar-refractivity contribution in [2.45, 2.75) is 56.3 Å². The lowest BCUT2D eigenvalue weighted by Crippen LogP contribution is -2.51. The van der Waals surface area contributed by atoms with E-state index in [1.807, 2.05) is 14.1 Å². The molecule has 1 heterocycles. The fourth-order valence-corrected chi connectivity index (χ4v) is 4.10. The number of likely N-dealkylation sites (N-methyl/N-ethyl adjacent to an activating group) is 1. The zero-order valence-corrected chi connectivity index (χ0v) is 13.2. The van der Waals surface area contributed by atoms with Crippen molar-refractivity contribution in [1.82, 2.24) is 9.88 Å². The Kier molecular flexibility index (Phi) is 4.95. The molecule has 1 aliphatic carbocycles. The third-order valence-corrected chi connectivity index (χ3v) is 5.64. The summed E-state index contributed by atoms with van der Waals surface area (Å²) in [6.07, 6.45) is 3.21. The van der Waals surface area contributed by atoms with Gasteiger partial charge in [0.15, 0.2) is 5.01 Å². The van der Waals surface area contributed by atoms with E-state index in [4.69, 9.17) is 5.73 Å². The fourth-order valence-electron chi connectivity index (χ4n) is 3.20. The van der Waals surface area contributed by atoms with E-state index in [1.54, 1.807) is 0 Å². The second kappa shape index (κ2) is 6.22. The molecule has 1 aromatic rings. The van der Waals surface area contributed by atoms with E-state index in [2.05, 4.69) is 9.88 Å². The number of nitrogens with zero attached hydrogens (tertiary/aromatic N) is 2. The van der Waals surface area contributed by atoms with Crippen LogP contribution in [0, 0.1) is 0 Å². The summed E-state index contributed by atoms with van der Waals surface area (Å²) in [6, 6.07) is -0.431. The minimum atomic E-state index is -4.39. The van der Waals surface area contributed by atoms with E-state index in [9.17, 15) is 13.2 Å². The maximum atomic E-state index is 12.7. The van der Waals surface area contributed by atoms with Gasteiger partial charge in [-0.25, -0.2) is 4.98 Å². The first-order valence-electron chi connectivity index (χ1n) is 7.23. The molecule has 0 bridgehead atoms. The van der Waals surface area contributed by atoms with Gasteiger partial charge in [-0.1, -0.05) is 25.7 Å². The zero-order valence-electron chi connectivity index (χ0n) is 12.4. The molecule has 0 amide bonds. The highest BCUT2D eigenvalue weighted by molar-refractivity contribution is 7.11. The van der Waals surface area contributed by atoms with Crippen LogP contribution < -0.4 is 5.73 Å². The van der Waals surface area contributed by atoms with Crippen molar-refractivity contribution in [3.63, 3.8) is 0 Å². The SMILES string of the molecule is CN(C)C1(C(N)c2cnc(C(F)(F)F)s2)CCCCCC1. The van der Waals surface area contributed by atoms with Crippen molar-refractivity contribution >= 4 is 11.3 Å². The van der Waals surface area contributed by atoms with Gasteiger partial charge in [0.05, 0.1) is 6.04 Å². The van der Waals surface area contributed by atoms with Crippen molar-refractivity contribution in [3.8, 4) is 0 Å². The quantitative estimate of drug-likeness (QED) is 0.861. The molecule has 21 heavy (non-hydrogen) atoms. The van der Waals surface area contributed by atoms with E-state index < -0.39 is 17.2 Å². The van der Waals surface area contributed by atoms with Crippen LogP contribution in [0.4, 0.5) is 13.2 Å². The molecule has 1 atom stereocenters. The number of thiazole rings is 1. The van der Waals surface area contributed by atoms with Crippen molar-refractivity contribution in [2.75, 3.05) is 14.1 Å². The minimum absolute atomic E-state index is 0.272. The molecule has 120 valence electrons. The smallest absolute Gasteiger partial charge is 0.322 e. The Hall–Kier alpha value is -0.660. The fraction of sp³-hybridized carbons (Fsp3) is 0.786. The molecule has 3 nitrogen and oxygen atoms in total. The minimum Gasteiger partial charge on any atom is -0.322 e. The molecule has 7 heteroatoms. The predicted octanol–water partition coefficient (Wildman–Crippen LogP) is 3.82. The van der Waals surface area contributed by atoms with Crippen LogP contribution >= 0.6 is 11.3 Å². The summed E-state index contributed by atoms with van der Waals surface area (Å²) in [4.78, 5) is 6.13. The molecule has 0 radical (unpaired) electrons. The van der Waals surface area contributed by atoms with Crippen LogP contribution in [0.15, 0.2) is 6.20 Å². The van der Waals surface area contributed by atoms with Gasteiger partial charge in [-0.3, -0.25) is 0 Å². The standard InChI is InChI=1S/C14H22F3N3S/c1-20(2)13(7-5-3-4-6-8-13)11(18)10-9-19-12(21-10)14(15,16)17/h9,11H,3-8,18H2,1-2H3. The molecule has 1 aromatic heterocycles. The van der Waals surface area contributed by atoms with Crippen LogP contribution in [0.2, 0.25) is 0 Å². The van der Waals surface area contributed by atoms with Gasteiger partial charge in [0.2, 0.25) is 0 Å². The number of alkyl halides is 3. The maximum absolute atomic E-state index is 12.7. The topological polar surface area (TPSA) is 42.1 Å². The number of hydrogen-bond donors (Lipinski definition) is 1. The summed E-state index contributed by atoms with van der Waals surface area (Å²) in [6.45, 7) is 0. The number of nitrogens with two attached hydrogens (primary N) is 1. The predicted molar refractivity (Wildman–Crippen MR) is 78.2 cm³/mol. The van der Waals surface area contributed by atoms with Crippen molar-refractivity contribution < 1.29 is 13.2 Å². The van der Waals surface area contributed by atoms with Gasteiger partial charge in [-0.15, -0.1) is 11.3 Å². The van der Waals surface area contributed by atoms with Gasteiger partial charge in [0.1, 0.15) is 0 Å². The van der Waals surface area contributed by atoms with E-state index >= 15 is 0 Å². The lowest BCUT2D eigenvalue weighted by atomic mass is 9.81. The molecule has 2 rings (SSSR count). The highest BCUT2D eigenvalue weighted by Gasteiger charge is 2.42. The Morgan fingerprint density at radius 2 is 1.81 bits per heavy atom. The lowest BCUT2D eigenvalue weighted by molar-refractivity contribution is -0.137. The molecule has 2 N–H and O–H groups in total. The highest BCUT2D eigenvalue weighted by Crippen LogP contribution is 2.42. The largest absolute Gasteiger partial charge is 0.443 e. The van der Waals surface area contributed by atoms with Crippen LogP contribution in [0.3, 0.4) is 0 Å². The second-order valence-corrected chi connectivity index (χ2v) is 7.02. The Labute approximate surface area is 127 Å².